The van der Waals surface area contributed by atoms with Crippen LogP contribution in [0.15, 0.2) is 29.6 Å². The molecule has 0 aliphatic carbocycles. The third kappa shape index (κ3) is 2.11. The van der Waals surface area contributed by atoms with Gasteiger partial charge in [-0.3, -0.25) is 0 Å². The van der Waals surface area contributed by atoms with E-state index in [1.165, 1.54) is 15.6 Å². The average molecular weight is 275 g/mol. The van der Waals surface area contributed by atoms with Crippen LogP contribution in [0.2, 0.25) is 0 Å². The van der Waals surface area contributed by atoms with Crippen molar-refractivity contribution in [1.29, 1.82) is 0 Å². The van der Waals surface area contributed by atoms with Crippen molar-refractivity contribution in [3.05, 3.63) is 29.6 Å². The van der Waals surface area contributed by atoms with Crippen molar-refractivity contribution in [1.82, 2.24) is 10.2 Å². The Labute approximate surface area is 114 Å². The highest BCUT2D eigenvalue weighted by molar-refractivity contribution is 7.20. The quantitative estimate of drug-likeness (QED) is 0.774. The number of hydrogen-bond acceptors (Lipinski definition) is 5. The van der Waals surface area contributed by atoms with Crippen LogP contribution in [-0.2, 0) is 0 Å². The van der Waals surface area contributed by atoms with Gasteiger partial charge in [-0.1, -0.05) is 36.5 Å². The van der Waals surface area contributed by atoms with Gasteiger partial charge in [-0.15, -0.1) is 21.5 Å². The molecule has 0 aliphatic rings. The first-order valence-electron chi connectivity index (χ1n) is 5.92. The van der Waals surface area contributed by atoms with Crippen molar-refractivity contribution in [2.24, 2.45) is 0 Å². The molecule has 5 heteroatoms. The number of thiophene rings is 1. The molecule has 0 saturated carbocycles. The highest BCUT2D eigenvalue weighted by Gasteiger charge is 2.10. The predicted octanol–water partition coefficient (Wildman–Crippen LogP) is 4.24. The maximum atomic E-state index is 4.28. The zero-order valence-electron chi connectivity index (χ0n) is 10.0. The number of hydrogen-bond donors (Lipinski definition) is 1. The maximum absolute atomic E-state index is 4.28. The second-order valence-corrected chi connectivity index (χ2v) is 5.88. The summed E-state index contributed by atoms with van der Waals surface area (Å²) in [5, 5.41) is 17.0. The molecule has 18 heavy (non-hydrogen) atoms. The van der Waals surface area contributed by atoms with E-state index in [9.17, 15) is 0 Å². The summed E-state index contributed by atoms with van der Waals surface area (Å²) in [6, 6.07) is 8.46. The van der Waals surface area contributed by atoms with Gasteiger partial charge in [-0.25, -0.2) is 0 Å². The summed E-state index contributed by atoms with van der Waals surface area (Å²) in [7, 11) is 0. The molecule has 2 aromatic heterocycles. The monoisotopic (exact) mass is 275 g/mol. The average Bonchev–Trinajstić information content (AvgIpc) is 3.04. The van der Waals surface area contributed by atoms with Gasteiger partial charge in [0.05, 0.1) is 0 Å². The Bertz CT molecular complexity index is 657. The second-order valence-electron chi connectivity index (χ2n) is 3.98. The minimum Gasteiger partial charge on any atom is -0.360 e. The molecule has 0 atom stereocenters. The van der Waals surface area contributed by atoms with Crippen LogP contribution in [0.4, 0.5) is 5.13 Å². The van der Waals surface area contributed by atoms with Crippen LogP contribution >= 0.6 is 22.7 Å². The lowest BCUT2D eigenvalue weighted by atomic mass is 10.2. The Balaban J connectivity index is 1.98. The minimum absolute atomic E-state index is 0.903. The van der Waals surface area contributed by atoms with Gasteiger partial charge < -0.3 is 5.32 Å². The van der Waals surface area contributed by atoms with E-state index >= 15 is 0 Å². The van der Waals surface area contributed by atoms with Crippen LogP contribution in [0, 0.1) is 0 Å². The number of anilines is 1. The fourth-order valence-corrected chi connectivity index (χ4v) is 3.58. The van der Waals surface area contributed by atoms with E-state index in [-0.39, 0.29) is 0 Å². The van der Waals surface area contributed by atoms with Gasteiger partial charge in [0.1, 0.15) is 0 Å². The van der Waals surface area contributed by atoms with Gasteiger partial charge in [0.25, 0.3) is 0 Å². The van der Waals surface area contributed by atoms with Crippen LogP contribution in [0.25, 0.3) is 20.7 Å². The lowest BCUT2D eigenvalue weighted by Gasteiger charge is -1.97. The third-order valence-electron chi connectivity index (χ3n) is 2.66. The maximum Gasteiger partial charge on any atom is 0.206 e. The summed E-state index contributed by atoms with van der Waals surface area (Å²) < 4.78 is 1.29. The van der Waals surface area contributed by atoms with E-state index in [1.807, 2.05) is 0 Å². The van der Waals surface area contributed by atoms with Crippen molar-refractivity contribution in [2.75, 3.05) is 11.9 Å². The normalized spacial score (nSPS) is 10.9. The molecular formula is C13H13N3S2. The molecule has 1 aromatic carbocycles. The fourth-order valence-electron chi connectivity index (χ4n) is 1.80. The number of nitrogens with one attached hydrogen (secondary N) is 1. The Kier molecular flexibility index (Phi) is 3.25. The molecule has 0 unspecified atom stereocenters. The molecule has 3 rings (SSSR count). The van der Waals surface area contributed by atoms with Crippen molar-refractivity contribution in [2.45, 2.75) is 13.3 Å². The SMILES string of the molecule is CCCNc1nnc(-c2cccc3ccsc23)s1. The van der Waals surface area contributed by atoms with E-state index in [0.717, 1.165) is 23.1 Å². The van der Waals surface area contributed by atoms with E-state index in [2.05, 4.69) is 52.1 Å². The van der Waals surface area contributed by atoms with Gasteiger partial charge in [0, 0.05) is 16.8 Å². The summed E-state index contributed by atoms with van der Waals surface area (Å²) in [6.07, 6.45) is 1.09. The number of nitrogens with zero attached hydrogens (tertiary/aromatic N) is 2. The molecule has 2 heterocycles. The van der Waals surface area contributed by atoms with Crippen LogP contribution in [-0.4, -0.2) is 16.7 Å². The smallest absolute Gasteiger partial charge is 0.206 e. The van der Waals surface area contributed by atoms with Gasteiger partial charge in [0.2, 0.25) is 5.13 Å². The lowest BCUT2D eigenvalue weighted by Crippen LogP contribution is -1.98. The lowest BCUT2D eigenvalue weighted by molar-refractivity contribution is 0.964. The Morgan fingerprint density at radius 1 is 1.22 bits per heavy atom. The molecular weight excluding hydrogens is 262 g/mol. The summed E-state index contributed by atoms with van der Waals surface area (Å²) in [5.74, 6) is 0. The third-order valence-corrected chi connectivity index (χ3v) is 4.54. The predicted molar refractivity (Wildman–Crippen MR) is 79.5 cm³/mol. The summed E-state index contributed by atoms with van der Waals surface area (Å²) in [6.45, 7) is 3.08. The van der Waals surface area contributed by atoms with E-state index in [0.29, 0.717) is 0 Å². The van der Waals surface area contributed by atoms with Crippen molar-refractivity contribution in [3.63, 3.8) is 0 Å². The standard InChI is InChI=1S/C13H13N3S2/c1-2-7-14-13-16-15-12(18-13)10-5-3-4-9-6-8-17-11(9)10/h3-6,8H,2,7H2,1H3,(H,14,16). The molecule has 3 aromatic rings. The number of benzene rings is 1. The number of aromatic nitrogens is 2. The molecule has 0 spiro atoms. The molecule has 3 nitrogen and oxygen atoms in total. The molecule has 0 radical (unpaired) electrons. The molecule has 1 N–H and O–H groups in total. The van der Waals surface area contributed by atoms with Crippen LogP contribution < -0.4 is 5.32 Å². The molecule has 0 fully saturated rings. The second kappa shape index (κ2) is 5.04. The first-order chi connectivity index (χ1) is 8.88. The van der Waals surface area contributed by atoms with Crippen molar-refractivity contribution >= 4 is 37.9 Å². The molecule has 0 saturated heterocycles. The number of rotatable bonds is 4. The van der Waals surface area contributed by atoms with E-state index < -0.39 is 0 Å². The zero-order chi connectivity index (χ0) is 12.4. The van der Waals surface area contributed by atoms with Crippen LogP contribution in [0.1, 0.15) is 13.3 Å². The zero-order valence-corrected chi connectivity index (χ0v) is 11.6. The van der Waals surface area contributed by atoms with Crippen LogP contribution in [0.3, 0.4) is 0 Å². The molecule has 0 aliphatic heterocycles. The first kappa shape index (κ1) is 11.6. The Morgan fingerprint density at radius 3 is 3.06 bits per heavy atom. The van der Waals surface area contributed by atoms with Crippen molar-refractivity contribution in [3.8, 4) is 10.6 Å². The van der Waals surface area contributed by atoms with Gasteiger partial charge in [0.15, 0.2) is 5.01 Å². The highest BCUT2D eigenvalue weighted by atomic mass is 32.1. The summed E-state index contributed by atoms with van der Waals surface area (Å²) >= 11 is 3.37. The molecule has 0 bridgehead atoms. The van der Waals surface area contributed by atoms with Gasteiger partial charge in [-0.2, -0.15) is 0 Å². The topological polar surface area (TPSA) is 37.8 Å². The minimum atomic E-state index is 0.903. The highest BCUT2D eigenvalue weighted by Crippen LogP contribution is 2.34. The molecule has 0 amide bonds. The fraction of sp³-hybridized carbons (Fsp3) is 0.231. The van der Waals surface area contributed by atoms with E-state index in [4.69, 9.17) is 0 Å². The summed E-state index contributed by atoms with van der Waals surface area (Å²) in [4.78, 5) is 0. The van der Waals surface area contributed by atoms with E-state index in [1.54, 1.807) is 22.7 Å². The van der Waals surface area contributed by atoms with Gasteiger partial charge >= 0.3 is 0 Å². The summed E-state index contributed by atoms with van der Waals surface area (Å²) in [5.41, 5.74) is 1.18. The van der Waals surface area contributed by atoms with Crippen molar-refractivity contribution < 1.29 is 0 Å². The van der Waals surface area contributed by atoms with Gasteiger partial charge in [-0.05, 0) is 23.3 Å². The number of fused-ring (bicyclic) bond motifs is 1. The first-order valence-corrected chi connectivity index (χ1v) is 7.62. The molecule has 92 valence electrons. The largest absolute Gasteiger partial charge is 0.360 e. The Morgan fingerprint density at radius 2 is 2.17 bits per heavy atom. The van der Waals surface area contributed by atoms with Crippen LogP contribution in [0.5, 0.6) is 0 Å². The Hall–Kier alpha value is -1.46.